The van der Waals surface area contributed by atoms with Crippen molar-refractivity contribution in [3.63, 3.8) is 0 Å². The summed E-state index contributed by atoms with van der Waals surface area (Å²) in [6.07, 6.45) is -1.98. The summed E-state index contributed by atoms with van der Waals surface area (Å²) in [6, 6.07) is 11.4. The minimum Gasteiger partial charge on any atom is -0.384 e. The first kappa shape index (κ1) is 20.5. The minimum atomic E-state index is -4.47. The molecule has 3 rings (SSSR count). The molecule has 3 nitrogen and oxygen atoms in total. The van der Waals surface area contributed by atoms with Crippen molar-refractivity contribution >= 4 is 16.6 Å². The molecular formula is C21H19F3O3S. The maximum Gasteiger partial charge on any atom is 0.416 e. The van der Waals surface area contributed by atoms with Gasteiger partial charge in [0.05, 0.1) is 22.1 Å². The lowest BCUT2D eigenvalue weighted by Gasteiger charge is -2.36. The van der Waals surface area contributed by atoms with Crippen molar-refractivity contribution in [3.8, 4) is 0 Å². The van der Waals surface area contributed by atoms with E-state index >= 15 is 0 Å². The van der Waals surface area contributed by atoms with E-state index < -0.39 is 34.1 Å². The second-order valence-electron chi connectivity index (χ2n) is 6.97. The Morgan fingerprint density at radius 3 is 2.29 bits per heavy atom. The van der Waals surface area contributed by atoms with Crippen LogP contribution in [0.2, 0.25) is 0 Å². The lowest BCUT2D eigenvalue weighted by atomic mass is 9.76. The Morgan fingerprint density at radius 1 is 1.11 bits per heavy atom. The highest BCUT2D eigenvalue weighted by atomic mass is 32.2. The fourth-order valence-corrected chi connectivity index (χ4v) is 4.57. The van der Waals surface area contributed by atoms with E-state index in [1.54, 1.807) is 12.1 Å². The first-order valence-corrected chi connectivity index (χ1v) is 9.97. The molecule has 2 aromatic rings. The van der Waals surface area contributed by atoms with Gasteiger partial charge < -0.3 is 5.11 Å². The molecule has 0 bridgehead atoms. The number of hydrogen-bond acceptors (Lipinski definition) is 3. The van der Waals surface area contributed by atoms with Crippen LogP contribution in [0.3, 0.4) is 0 Å². The number of hydrogen-bond donors (Lipinski definition) is 1. The van der Waals surface area contributed by atoms with Gasteiger partial charge in [-0.15, -0.1) is 0 Å². The highest BCUT2D eigenvalue weighted by molar-refractivity contribution is 7.85. The van der Waals surface area contributed by atoms with Gasteiger partial charge in [0, 0.05) is 17.2 Å². The van der Waals surface area contributed by atoms with Crippen LogP contribution < -0.4 is 0 Å². The first-order chi connectivity index (χ1) is 13.1. The Labute approximate surface area is 163 Å². The molecule has 28 heavy (non-hydrogen) atoms. The van der Waals surface area contributed by atoms with E-state index in [2.05, 4.69) is 0 Å². The molecule has 0 aromatic heterocycles. The Hall–Kier alpha value is -2.25. The van der Waals surface area contributed by atoms with Crippen LogP contribution in [0, 0.1) is 6.92 Å². The third kappa shape index (κ3) is 4.42. The standard InChI is InChI=1S/C21H19F3O3S/c1-14-2-8-18(9-3-14)28(27)13-20(26)11-10-17(25)12-19(20)15-4-6-16(7-5-15)21(22,23)24/h2-11,19,26H,12-13H2,1H3/t19-,20+,28-/m1/s1. The normalized spacial score (nSPS) is 23.6. The van der Waals surface area contributed by atoms with Crippen LogP contribution in [-0.4, -0.2) is 26.5 Å². The Balaban J connectivity index is 1.90. The van der Waals surface area contributed by atoms with Gasteiger partial charge in [0.25, 0.3) is 0 Å². The topological polar surface area (TPSA) is 54.4 Å². The van der Waals surface area contributed by atoms with Crippen LogP contribution in [0.5, 0.6) is 0 Å². The average Bonchev–Trinajstić information content (AvgIpc) is 2.64. The van der Waals surface area contributed by atoms with Crippen molar-refractivity contribution in [3.05, 3.63) is 77.4 Å². The summed E-state index contributed by atoms with van der Waals surface area (Å²) >= 11 is 0. The predicted octanol–water partition coefficient (Wildman–Crippen LogP) is 4.17. The molecule has 0 fully saturated rings. The zero-order valence-corrected chi connectivity index (χ0v) is 15.9. The van der Waals surface area contributed by atoms with Gasteiger partial charge in [-0.05, 0) is 48.9 Å². The van der Waals surface area contributed by atoms with Gasteiger partial charge in [0.1, 0.15) is 5.60 Å². The highest BCUT2D eigenvalue weighted by Gasteiger charge is 2.41. The molecule has 0 saturated carbocycles. The summed E-state index contributed by atoms with van der Waals surface area (Å²) in [7, 11) is -1.55. The maximum atomic E-state index is 12.8. The summed E-state index contributed by atoms with van der Waals surface area (Å²) in [5.41, 5.74) is -1.01. The van der Waals surface area contributed by atoms with E-state index in [0.717, 1.165) is 17.7 Å². The van der Waals surface area contributed by atoms with Crippen LogP contribution in [0.4, 0.5) is 13.2 Å². The first-order valence-electron chi connectivity index (χ1n) is 8.65. The number of rotatable bonds is 4. The average molecular weight is 408 g/mol. The van der Waals surface area contributed by atoms with Crippen molar-refractivity contribution in [2.45, 2.75) is 35.9 Å². The van der Waals surface area contributed by atoms with E-state index in [0.29, 0.717) is 10.5 Å². The van der Waals surface area contributed by atoms with Gasteiger partial charge >= 0.3 is 6.18 Å². The van der Waals surface area contributed by atoms with Gasteiger partial charge in [-0.1, -0.05) is 29.8 Å². The quantitative estimate of drug-likeness (QED) is 0.826. The van der Waals surface area contributed by atoms with Gasteiger partial charge in [0.2, 0.25) is 0 Å². The molecule has 1 N–H and O–H groups in total. The van der Waals surface area contributed by atoms with Crippen LogP contribution in [0.15, 0.2) is 65.6 Å². The molecule has 0 amide bonds. The number of carbonyl (C=O) groups excluding carboxylic acids is 1. The number of alkyl halides is 3. The smallest absolute Gasteiger partial charge is 0.384 e. The second-order valence-corrected chi connectivity index (χ2v) is 8.42. The van der Waals surface area contributed by atoms with Gasteiger partial charge in [-0.25, -0.2) is 0 Å². The van der Waals surface area contributed by atoms with Crippen molar-refractivity contribution < 1.29 is 27.3 Å². The van der Waals surface area contributed by atoms with Crippen LogP contribution in [-0.2, 0) is 21.8 Å². The molecule has 7 heteroatoms. The Bertz CT molecular complexity index is 917. The van der Waals surface area contributed by atoms with Crippen molar-refractivity contribution in [2.75, 3.05) is 5.75 Å². The number of allylic oxidation sites excluding steroid dienone is 1. The van der Waals surface area contributed by atoms with Crippen molar-refractivity contribution in [1.82, 2.24) is 0 Å². The molecule has 1 aliphatic carbocycles. The fourth-order valence-electron chi connectivity index (χ4n) is 3.24. The van der Waals surface area contributed by atoms with Crippen molar-refractivity contribution in [2.24, 2.45) is 0 Å². The number of benzene rings is 2. The number of carbonyl (C=O) groups is 1. The third-order valence-electron chi connectivity index (χ3n) is 4.85. The van der Waals surface area contributed by atoms with Gasteiger partial charge in [0.15, 0.2) is 5.78 Å². The Kier molecular flexibility index (Phi) is 5.59. The summed E-state index contributed by atoms with van der Waals surface area (Å²) in [5, 5.41) is 11.2. The molecule has 148 valence electrons. The van der Waals surface area contributed by atoms with Gasteiger partial charge in [-0.3, -0.25) is 9.00 Å². The lowest BCUT2D eigenvalue weighted by molar-refractivity contribution is -0.137. The zero-order chi connectivity index (χ0) is 20.5. The molecule has 1 aliphatic rings. The number of aryl methyl sites for hydroxylation is 1. The van der Waals surface area contributed by atoms with Crippen molar-refractivity contribution in [1.29, 1.82) is 0 Å². The summed E-state index contributed by atoms with van der Waals surface area (Å²) in [6.45, 7) is 1.90. The molecule has 0 saturated heterocycles. The Morgan fingerprint density at radius 2 is 1.71 bits per heavy atom. The molecule has 0 radical (unpaired) electrons. The molecule has 0 unspecified atom stereocenters. The van der Waals surface area contributed by atoms with Crippen LogP contribution in [0.1, 0.15) is 29.0 Å². The third-order valence-corrected chi connectivity index (χ3v) is 6.38. The van der Waals surface area contributed by atoms with Crippen LogP contribution >= 0.6 is 0 Å². The predicted molar refractivity (Wildman–Crippen MR) is 100 cm³/mol. The molecule has 0 spiro atoms. The van der Waals surface area contributed by atoms with E-state index in [-0.39, 0.29) is 18.0 Å². The maximum absolute atomic E-state index is 12.8. The number of halogens is 3. The fraction of sp³-hybridized carbons (Fsp3) is 0.286. The SMILES string of the molecule is Cc1ccc([S@](=O)C[C@@]2(O)C=CC(=O)C[C@@H]2c2ccc(C(F)(F)F)cc2)cc1. The minimum absolute atomic E-state index is 0.0660. The second kappa shape index (κ2) is 7.64. The van der Waals surface area contributed by atoms with E-state index in [1.807, 2.05) is 19.1 Å². The molecule has 0 aliphatic heterocycles. The molecule has 2 aromatic carbocycles. The molecule has 0 heterocycles. The van der Waals surface area contributed by atoms with E-state index in [4.69, 9.17) is 0 Å². The lowest BCUT2D eigenvalue weighted by Crippen LogP contribution is -2.43. The monoisotopic (exact) mass is 408 g/mol. The van der Waals surface area contributed by atoms with Gasteiger partial charge in [-0.2, -0.15) is 13.2 Å². The molecule has 3 atom stereocenters. The van der Waals surface area contributed by atoms with Crippen LogP contribution in [0.25, 0.3) is 0 Å². The highest BCUT2D eigenvalue weighted by Crippen LogP contribution is 2.39. The number of aliphatic hydroxyl groups is 1. The largest absolute Gasteiger partial charge is 0.416 e. The summed E-state index contributed by atoms with van der Waals surface area (Å²) in [5.74, 6) is -1.18. The molecular weight excluding hydrogens is 389 g/mol. The summed E-state index contributed by atoms with van der Waals surface area (Å²) < 4.78 is 51.2. The van der Waals surface area contributed by atoms with E-state index in [1.165, 1.54) is 24.3 Å². The summed E-state index contributed by atoms with van der Waals surface area (Å²) in [4.78, 5) is 12.4. The van der Waals surface area contributed by atoms with E-state index in [9.17, 15) is 27.3 Å². The zero-order valence-electron chi connectivity index (χ0n) is 15.1. The number of ketones is 1.